The number of hydrogen-bond acceptors (Lipinski definition) is 7. The standard InChI is InChI=1S/C10H18N6O2/c1-5-18-10-13-8(11)12-9(14-10)16(4)6-7(17)15(2)3/h5-6H2,1-4H3,(H2,11,12,13,14). The predicted molar refractivity (Wildman–Crippen MR) is 67.4 cm³/mol. The molecule has 0 aliphatic rings. The number of aromatic nitrogens is 3. The summed E-state index contributed by atoms with van der Waals surface area (Å²) in [5.74, 6) is 0.309. The quantitative estimate of drug-likeness (QED) is 0.747. The van der Waals surface area contributed by atoms with Crippen molar-refractivity contribution in [3.8, 4) is 6.01 Å². The molecular weight excluding hydrogens is 236 g/mol. The number of anilines is 2. The van der Waals surface area contributed by atoms with Crippen LogP contribution in [0, 0.1) is 0 Å². The van der Waals surface area contributed by atoms with Crippen LogP contribution in [0.5, 0.6) is 6.01 Å². The van der Waals surface area contributed by atoms with E-state index in [-0.39, 0.29) is 24.4 Å². The molecular formula is C10H18N6O2. The smallest absolute Gasteiger partial charge is 0.323 e. The molecule has 0 spiro atoms. The fraction of sp³-hybridized carbons (Fsp3) is 0.600. The summed E-state index contributed by atoms with van der Waals surface area (Å²) in [4.78, 5) is 26.5. The fourth-order valence-corrected chi connectivity index (χ4v) is 1.14. The molecule has 1 amide bonds. The molecule has 1 aromatic heterocycles. The summed E-state index contributed by atoms with van der Waals surface area (Å²) in [6.45, 7) is 2.41. The SMILES string of the molecule is CCOc1nc(N)nc(N(C)CC(=O)N(C)C)n1. The lowest BCUT2D eigenvalue weighted by atomic mass is 10.5. The van der Waals surface area contributed by atoms with Crippen molar-refractivity contribution in [3.63, 3.8) is 0 Å². The van der Waals surface area contributed by atoms with Crippen LogP contribution in [0.1, 0.15) is 6.92 Å². The van der Waals surface area contributed by atoms with Crippen LogP contribution in [-0.2, 0) is 4.79 Å². The third kappa shape index (κ3) is 3.72. The molecule has 100 valence electrons. The molecule has 0 bridgehead atoms. The van der Waals surface area contributed by atoms with Crippen LogP contribution in [0.4, 0.5) is 11.9 Å². The molecule has 0 radical (unpaired) electrons. The highest BCUT2D eigenvalue weighted by molar-refractivity contribution is 5.80. The number of carbonyl (C=O) groups excluding carboxylic acids is 1. The first-order chi connectivity index (χ1) is 8.43. The first kappa shape index (κ1) is 13.9. The van der Waals surface area contributed by atoms with E-state index in [1.807, 2.05) is 6.92 Å². The number of amides is 1. The second-order valence-electron chi connectivity index (χ2n) is 3.85. The van der Waals surface area contributed by atoms with E-state index >= 15 is 0 Å². The summed E-state index contributed by atoms with van der Waals surface area (Å²) in [5, 5.41) is 0. The topological polar surface area (TPSA) is 97.5 Å². The number of ether oxygens (including phenoxy) is 1. The minimum absolute atomic E-state index is 0.0607. The number of likely N-dealkylation sites (N-methyl/N-ethyl adjacent to an activating group) is 2. The summed E-state index contributed by atoms with van der Waals surface area (Å²) in [7, 11) is 5.07. The maximum atomic E-state index is 11.6. The Kier molecular flexibility index (Phi) is 4.64. The van der Waals surface area contributed by atoms with Crippen molar-refractivity contribution >= 4 is 17.8 Å². The minimum Gasteiger partial charge on any atom is -0.464 e. The number of nitrogens with two attached hydrogens (primary N) is 1. The Hall–Kier alpha value is -2.12. The van der Waals surface area contributed by atoms with Gasteiger partial charge in [-0.3, -0.25) is 4.79 Å². The van der Waals surface area contributed by atoms with Gasteiger partial charge in [0.15, 0.2) is 0 Å². The Labute approximate surface area is 106 Å². The third-order valence-corrected chi connectivity index (χ3v) is 2.11. The number of nitrogen functional groups attached to an aromatic ring is 1. The van der Waals surface area contributed by atoms with Crippen LogP contribution < -0.4 is 15.4 Å². The van der Waals surface area contributed by atoms with Gasteiger partial charge in [0.05, 0.1) is 13.2 Å². The van der Waals surface area contributed by atoms with Crippen LogP contribution in [0.2, 0.25) is 0 Å². The second kappa shape index (κ2) is 5.99. The molecule has 8 heteroatoms. The first-order valence-electron chi connectivity index (χ1n) is 5.49. The van der Waals surface area contributed by atoms with Crippen molar-refractivity contribution in [1.29, 1.82) is 0 Å². The Bertz CT molecular complexity index is 423. The van der Waals surface area contributed by atoms with E-state index in [0.29, 0.717) is 12.6 Å². The molecule has 8 nitrogen and oxygen atoms in total. The molecule has 0 aromatic carbocycles. The Balaban J connectivity index is 2.84. The molecule has 1 aromatic rings. The zero-order chi connectivity index (χ0) is 13.7. The molecule has 0 saturated carbocycles. The maximum Gasteiger partial charge on any atom is 0.323 e. The van der Waals surface area contributed by atoms with Crippen molar-refractivity contribution < 1.29 is 9.53 Å². The van der Waals surface area contributed by atoms with Gasteiger partial charge >= 0.3 is 6.01 Å². The second-order valence-corrected chi connectivity index (χ2v) is 3.85. The first-order valence-corrected chi connectivity index (χ1v) is 5.49. The van der Waals surface area contributed by atoms with Crippen LogP contribution in [0.3, 0.4) is 0 Å². The molecule has 1 rings (SSSR count). The molecule has 0 aliphatic carbocycles. The van der Waals surface area contributed by atoms with E-state index in [0.717, 1.165) is 0 Å². The molecule has 0 saturated heterocycles. The van der Waals surface area contributed by atoms with Crippen LogP contribution in [0.15, 0.2) is 0 Å². The predicted octanol–water partition coefficient (Wildman–Crippen LogP) is -0.623. The van der Waals surface area contributed by atoms with E-state index < -0.39 is 0 Å². The van der Waals surface area contributed by atoms with Gasteiger partial charge in [-0.05, 0) is 6.92 Å². The van der Waals surface area contributed by atoms with Gasteiger partial charge in [0.1, 0.15) is 0 Å². The summed E-state index contributed by atoms with van der Waals surface area (Å²) in [6.07, 6.45) is 0. The van der Waals surface area contributed by atoms with Gasteiger partial charge < -0.3 is 20.3 Å². The number of nitrogens with zero attached hydrogens (tertiary/aromatic N) is 5. The van der Waals surface area contributed by atoms with E-state index in [4.69, 9.17) is 10.5 Å². The normalized spacial score (nSPS) is 10.0. The number of carbonyl (C=O) groups is 1. The third-order valence-electron chi connectivity index (χ3n) is 2.11. The highest BCUT2D eigenvalue weighted by Crippen LogP contribution is 2.12. The highest BCUT2D eigenvalue weighted by Gasteiger charge is 2.13. The molecule has 18 heavy (non-hydrogen) atoms. The maximum absolute atomic E-state index is 11.6. The molecule has 0 unspecified atom stereocenters. The zero-order valence-electron chi connectivity index (χ0n) is 11.0. The Morgan fingerprint density at radius 3 is 2.50 bits per heavy atom. The van der Waals surface area contributed by atoms with Gasteiger partial charge in [0, 0.05) is 21.1 Å². The average molecular weight is 254 g/mol. The Morgan fingerprint density at radius 1 is 1.28 bits per heavy atom. The molecule has 0 fully saturated rings. The van der Waals surface area contributed by atoms with Crippen molar-refractivity contribution in [1.82, 2.24) is 19.9 Å². The van der Waals surface area contributed by atoms with Crippen LogP contribution >= 0.6 is 0 Å². The average Bonchev–Trinajstić information content (AvgIpc) is 2.28. The van der Waals surface area contributed by atoms with Gasteiger partial charge in [-0.2, -0.15) is 15.0 Å². The van der Waals surface area contributed by atoms with Gasteiger partial charge in [-0.25, -0.2) is 0 Å². The van der Waals surface area contributed by atoms with E-state index in [2.05, 4.69) is 15.0 Å². The highest BCUT2D eigenvalue weighted by atomic mass is 16.5. The van der Waals surface area contributed by atoms with Crippen LogP contribution in [-0.4, -0.2) is 60.1 Å². The van der Waals surface area contributed by atoms with Crippen molar-refractivity contribution in [2.45, 2.75) is 6.92 Å². The van der Waals surface area contributed by atoms with E-state index in [1.54, 1.807) is 26.0 Å². The molecule has 2 N–H and O–H groups in total. The summed E-state index contributed by atoms with van der Waals surface area (Å²) in [5.41, 5.74) is 5.55. The van der Waals surface area contributed by atoms with E-state index in [9.17, 15) is 4.79 Å². The van der Waals surface area contributed by atoms with Crippen molar-refractivity contribution in [2.24, 2.45) is 0 Å². The van der Waals surface area contributed by atoms with E-state index in [1.165, 1.54) is 4.90 Å². The van der Waals surface area contributed by atoms with Gasteiger partial charge in [-0.1, -0.05) is 0 Å². The van der Waals surface area contributed by atoms with Crippen LogP contribution in [0.25, 0.3) is 0 Å². The molecule has 1 heterocycles. The number of hydrogen-bond donors (Lipinski definition) is 1. The largest absolute Gasteiger partial charge is 0.464 e. The van der Waals surface area contributed by atoms with Crippen molar-refractivity contribution in [3.05, 3.63) is 0 Å². The lowest BCUT2D eigenvalue weighted by Gasteiger charge is -2.19. The zero-order valence-corrected chi connectivity index (χ0v) is 11.0. The lowest BCUT2D eigenvalue weighted by Crippen LogP contribution is -2.35. The van der Waals surface area contributed by atoms with Gasteiger partial charge in [-0.15, -0.1) is 0 Å². The lowest BCUT2D eigenvalue weighted by molar-refractivity contribution is -0.127. The minimum atomic E-state index is -0.0607. The summed E-state index contributed by atoms with van der Waals surface area (Å²) in [6, 6.07) is 0.157. The number of rotatable bonds is 5. The monoisotopic (exact) mass is 254 g/mol. The summed E-state index contributed by atoms with van der Waals surface area (Å²) >= 11 is 0. The summed E-state index contributed by atoms with van der Waals surface area (Å²) < 4.78 is 5.17. The fourth-order valence-electron chi connectivity index (χ4n) is 1.14. The molecule has 0 aliphatic heterocycles. The molecule has 0 atom stereocenters. The van der Waals surface area contributed by atoms with Crippen molar-refractivity contribution in [2.75, 3.05) is 44.9 Å². The van der Waals surface area contributed by atoms with Gasteiger partial charge in [0.2, 0.25) is 17.8 Å². The Morgan fingerprint density at radius 2 is 1.94 bits per heavy atom. The van der Waals surface area contributed by atoms with Gasteiger partial charge in [0.25, 0.3) is 0 Å².